The molecule has 0 radical (unpaired) electrons. The fourth-order valence-corrected chi connectivity index (χ4v) is 3.55. The number of nitrogens with zero attached hydrogens (tertiary/aromatic N) is 1. The maximum Gasteiger partial charge on any atom is 0.416 e. The Labute approximate surface area is 143 Å². The molecule has 2 aliphatic heterocycles. The molecule has 2 aliphatic rings. The minimum atomic E-state index is -4.51. The monoisotopic (exact) mass is 355 g/mol. The van der Waals surface area contributed by atoms with Gasteiger partial charge in [0.05, 0.1) is 29.9 Å². The van der Waals surface area contributed by atoms with Gasteiger partial charge in [-0.05, 0) is 37.8 Å². The second-order valence-electron chi connectivity index (χ2n) is 6.43. The van der Waals surface area contributed by atoms with Crippen LogP contribution < -0.4 is 0 Å². The maximum atomic E-state index is 13.3. The average Bonchev–Trinajstić information content (AvgIpc) is 2.96. The van der Waals surface area contributed by atoms with Crippen LogP contribution in [0.1, 0.15) is 43.4 Å². The summed E-state index contributed by atoms with van der Waals surface area (Å²) in [6.45, 7) is 2.25. The van der Waals surface area contributed by atoms with E-state index >= 15 is 0 Å². The van der Waals surface area contributed by atoms with Crippen molar-refractivity contribution in [3.8, 4) is 0 Å². The molecule has 0 saturated carbocycles. The Morgan fingerprint density at radius 2 is 2.04 bits per heavy atom. The molecule has 2 atom stereocenters. The molecule has 0 bridgehead atoms. The number of hydrogen-bond acceptors (Lipinski definition) is 3. The Morgan fingerprint density at radius 1 is 1.32 bits per heavy atom. The minimum absolute atomic E-state index is 0.0203. The van der Waals surface area contributed by atoms with Crippen LogP contribution in [0, 0.1) is 0 Å². The molecular weight excluding hydrogens is 335 g/mol. The number of amides is 1. The average molecular weight is 355 g/mol. The zero-order valence-corrected chi connectivity index (χ0v) is 13.8. The predicted octanol–water partition coefficient (Wildman–Crippen LogP) is 3.42. The molecule has 1 saturated heterocycles. The molecule has 1 aromatic rings. The summed E-state index contributed by atoms with van der Waals surface area (Å²) in [6.07, 6.45) is -4.04. The van der Waals surface area contributed by atoms with Gasteiger partial charge in [0.25, 0.3) is 5.91 Å². The Bertz CT molecular complexity index is 699. The molecule has 1 fully saturated rings. The molecule has 3 rings (SSSR count). The fraction of sp³-hybridized carbons (Fsp3) is 0.500. The van der Waals surface area contributed by atoms with Gasteiger partial charge in [0.15, 0.2) is 0 Å². The number of hydrogen-bond donors (Lipinski definition) is 1. The lowest BCUT2D eigenvalue weighted by Crippen LogP contribution is -2.35. The van der Waals surface area contributed by atoms with Crippen molar-refractivity contribution in [1.29, 1.82) is 0 Å². The van der Waals surface area contributed by atoms with Crippen LogP contribution in [-0.4, -0.2) is 35.2 Å². The standard InChI is InChI=1S/C18H20F3NO3/c1-11-13(6-4-8-25-11)17(24)22-10-12(23)9-16(22)14-5-2-3-7-15(14)18(19,20)21/h2-3,5,7,12,16,23H,4,6,8-10H2,1H3. The Morgan fingerprint density at radius 3 is 2.72 bits per heavy atom. The van der Waals surface area contributed by atoms with Gasteiger partial charge in [0.2, 0.25) is 0 Å². The zero-order valence-electron chi connectivity index (χ0n) is 13.8. The lowest BCUT2D eigenvalue weighted by molar-refractivity contribution is -0.140. The third-order valence-corrected chi connectivity index (χ3v) is 4.74. The molecule has 1 aromatic carbocycles. The minimum Gasteiger partial charge on any atom is -0.498 e. The Kier molecular flexibility index (Phi) is 4.77. The number of β-amino-alcohol motifs (C(OH)–C–C–N with tert-alkyl or cyclic N) is 1. The summed E-state index contributed by atoms with van der Waals surface area (Å²) in [4.78, 5) is 14.2. The summed E-state index contributed by atoms with van der Waals surface area (Å²) in [5.41, 5.74) is -0.262. The number of aliphatic hydroxyl groups excluding tert-OH is 1. The molecule has 2 heterocycles. The molecule has 1 N–H and O–H groups in total. The van der Waals surface area contributed by atoms with E-state index in [-0.39, 0.29) is 24.4 Å². The Balaban J connectivity index is 1.97. The van der Waals surface area contributed by atoms with Crippen LogP contribution in [-0.2, 0) is 15.7 Å². The second kappa shape index (κ2) is 6.71. The van der Waals surface area contributed by atoms with Crippen LogP contribution in [0.25, 0.3) is 0 Å². The molecule has 2 unspecified atom stereocenters. The maximum absolute atomic E-state index is 13.3. The first-order chi connectivity index (χ1) is 11.8. The topological polar surface area (TPSA) is 49.8 Å². The largest absolute Gasteiger partial charge is 0.498 e. The molecule has 4 nitrogen and oxygen atoms in total. The lowest BCUT2D eigenvalue weighted by atomic mass is 9.96. The first kappa shape index (κ1) is 17.8. The lowest BCUT2D eigenvalue weighted by Gasteiger charge is -2.29. The van der Waals surface area contributed by atoms with Gasteiger partial charge < -0.3 is 14.7 Å². The number of benzene rings is 1. The molecular formula is C18H20F3NO3. The smallest absolute Gasteiger partial charge is 0.416 e. The number of carbonyl (C=O) groups excluding carboxylic acids is 1. The van der Waals surface area contributed by atoms with Gasteiger partial charge in [-0.2, -0.15) is 13.2 Å². The number of allylic oxidation sites excluding steroid dienone is 1. The highest BCUT2D eigenvalue weighted by atomic mass is 19.4. The first-order valence-corrected chi connectivity index (χ1v) is 8.26. The highest BCUT2D eigenvalue weighted by molar-refractivity contribution is 5.94. The van der Waals surface area contributed by atoms with Crippen molar-refractivity contribution in [1.82, 2.24) is 4.90 Å². The summed E-state index contributed by atoms with van der Waals surface area (Å²) < 4.78 is 45.5. The summed E-state index contributed by atoms with van der Waals surface area (Å²) in [6, 6.07) is 4.43. The molecule has 7 heteroatoms. The van der Waals surface area contributed by atoms with E-state index in [1.807, 2.05) is 0 Å². The van der Waals surface area contributed by atoms with Crippen LogP contribution in [0.4, 0.5) is 13.2 Å². The molecule has 25 heavy (non-hydrogen) atoms. The Hall–Kier alpha value is -2.02. The van der Waals surface area contributed by atoms with Crippen molar-refractivity contribution in [3.63, 3.8) is 0 Å². The van der Waals surface area contributed by atoms with E-state index in [0.29, 0.717) is 30.8 Å². The van der Waals surface area contributed by atoms with E-state index in [0.717, 1.165) is 6.07 Å². The summed E-state index contributed by atoms with van der Waals surface area (Å²) in [5.74, 6) is 0.163. The van der Waals surface area contributed by atoms with E-state index in [2.05, 4.69) is 0 Å². The number of rotatable bonds is 2. The van der Waals surface area contributed by atoms with Crippen molar-refractivity contribution in [2.45, 2.75) is 44.5 Å². The number of alkyl halides is 3. The van der Waals surface area contributed by atoms with Crippen LogP contribution in [0.15, 0.2) is 35.6 Å². The van der Waals surface area contributed by atoms with Gasteiger partial charge >= 0.3 is 6.18 Å². The summed E-state index contributed by atoms with van der Waals surface area (Å²) in [5, 5.41) is 10.0. The van der Waals surface area contributed by atoms with Gasteiger partial charge in [-0.1, -0.05) is 18.2 Å². The van der Waals surface area contributed by atoms with Crippen LogP contribution >= 0.6 is 0 Å². The first-order valence-electron chi connectivity index (χ1n) is 8.26. The quantitative estimate of drug-likeness (QED) is 0.884. The van der Waals surface area contributed by atoms with E-state index < -0.39 is 23.9 Å². The number of carbonyl (C=O) groups is 1. The van der Waals surface area contributed by atoms with Crippen LogP contribution in [0.3, 0.4) is 0 Å². The third-order valence-electron chi connectivity index (χ3n) is 4.74. The third kappa shape index (κ3) is 3.51. The van der Waals surface area contributed by atoms with Crippen LogP contribution in [0.2, 0.25) is 0 Å². The predicted molar refractivity (Wildman–Crippen MR) is 84.4 cm³/mol. The van der Waals surface area contributed by atoms with Crippen molar-refractivity contribution < 1.29 is 27.8 Å². The number of halogens is 3. The van der Waals surface area contributed by atoms with Gasteiger partial charge in [0, 0.05) is 6.54 Å². The molecule has 0 aromatic heterocycles. The summed E-state index contributed by atoms with van der Waals surface area (Å²) >= 11 is 0. The second-order valence-corrected chi connectivity index (χ2v) is 6.43. The SMILES string of the molecule is CC1=C(C(=O)N2CC(O)CC2c2ccccc2C(F)(F)F)CCCO1. The number of aliphatic hydroxyl groups is 1. The van der Waals surface area contributed by atoms with E-state index in [9.17, 15) is 23.1 Å². The van der Waals surface area contributed by atoms with Crippen molar-refractivity contribution in [3.05, 3.63) is 46.7 Å². The number of ether oxygens (including phenoxy) is 1. The van der Waals surface area contributed by atoms with Gasteiger partial charge in [-0.15, -0.1) is 0 Å². The van der Waals surface area contributed by atoms with Gasteiger partial charge in [-0.25, -0.2) is 0 Å². The van der Waals surface area contributed by atoms with Gasteiger partial charge in [0.1, 0.15) is 5.76 Å². The normalized spacial score (nSPS) is 24.4. The summed E-state index contributed by atoms with van der Waals surface area (Å²) in [7, 11) is 0. The van der Waals surface area contributed by atoms with E-state index in [1.165, 1.54) is 23.1 Å². The van der Waals surface area contributed by atoms with Crippen molar-refractivity contribution >= 4 is 5.91 Å². The molecule has 0 spiro atoms. The van der Waals surface area contributed by atoms with Crippen molar-refractivity contribution in [2.75, 3.05) is 13.2 Å². The molecule has 1 amide bonds. The van der Waals surface area contributed by atoms with Gasteiger partial charge in [-0.3, -0.25) is 4.79 Å². The highest BCUT2D eigenvalue weighted by Gasteiger charge is 2.42. The highest BCUT2D eigenvalue weighted by Crippen LogP contribution is 2.41. The van der Waals surface area contributed by atoms with Crippen LogP contribution in [0.5, 0.6) is 0 Å². The molecule has 0 aliphatic carbocycles. The zero-order chi connectivity index (χ0) is 18.2. The molecule has 136 valence electrons. The fourth-order valence-electron chi connectivity index (χ4n) is 3.55. The van der Waals surface area contributed by atoms with Crippen molar-refractivity contribution in [2.24, 2.45) is 0 Å². The number of likely N-dealkylation sites (tertiary alicyclic amines) is 1. The van der Waals surface area contributed by atoms with E-state index in [4.69, 9.17) is 4.74 Å². The van der Waals surface area contributed by atoms with E-state index in [1.54, 1.807) is 6.92 Å².